The van der Waals surface area contributed by atoms with Gasteiger partial charge in [-0.05, 0) is 39.8 Å². The average Bonchev–Trinajstić information content (AvgIpc) is 2.13. The largest absolute Gasteiger partial charge is 0.287 e. The van der Waals surface area contributed by atoms with Crippen molar-refractivity contribution in [2.45, 2.75) is 11.1 Å². The Kier molecular flexibility index (Phi) is 2.95. The van der Waals surface area contributed by atoms with Crippen LogP contribution in [0.2, 0.25) is 0 Å². The molecule has 1 aromatic heterocycles. The molecule has 0 radical (unpaired) electrons. The molecule has 0 aliphatic heterocycles. The summed E-state index contributed by atoms with van der Waals surface area (Å²) >= 11 is 6.16. The number of rotatable bonds is 1. The van der Waals surface area contributed by atoms with Gasteiger partial charge in [0.05, 0.1) is 8.00 Å². The predicted octanol–water partition coefficient (Wildman–Crippen LogP) is 3.15. The highest BCUT2D eigenvalue weighted by Crippen LogP contribution is 2.30. The highest BCUT2D eigenvalue weighted by Gasteiger charge is 2.00. The van der Waals surface area contributed by atoms with Crippen LogP contribution < -0.4 is 0 Å². The predicted molar refractivity (Wildman–Crippen MR) is 48.6 cm³/mol. The number of hydrogen-bond donors (Lipinski definition) is 0. The molecular formula is C6H5BrOS2. The van der Waals surface area contributed by atoms with Gasteiger partial charge in [0.1, 0.15) is 0 Å². The van der Waals surface area contributed by atoms with Gasteiger partial charge in [0.15, 0.2) is 5.12 Å². The summed E-state index contributed by atoms with van der Waals surface area (Å²) in [4.78, 5) is 10.6. The standard InChI is InChI=1S/C6H5BrOS2/c1-4(8)9-6-3-2-5(7)10-6/h2-3H,1H3. The molecule has 0 fully saturated rings. The lowest BCUT2D eigenvalue weighted by atomic mass is 10.7. The minimum atomic E-state index is 0.134. The van der Waals surface area contributed by atoms with E-state index in [1.807, 2.05) is 12.1 Å². The van der Waals surface area contributed by atoms with E-state index in [-0.39, 0.29) is 5.12 Å². The summed E-state index contributed by atoms with van der Waals surface area (Å²) in [5.74, 6) is 0. The van der Waals surface area contributed by atoms with Crippen LogP contribution in [0.5, 0.6) is 0 Å². The summed E-state index contributed by atoms with van der Waals surface area (Å²) in [5.41, 5.74) is 0. The van der Waals surface area contributed by atoms with Gasteiger partial charge < -0.3 is 0 Å². The van der Waals surface area contributed by atoms with Crippen molar-refractivity contribution in [3.63, 3.8) is 0 Å². The number of thiophene rings is 1. The first-order valence-electron chi connectivity index (χ1n) is 2.62. The van der Waals surface area contributed by atoms with Gasteiger partial charge >= 0.3 is 0 Å². The van der Waals surface area contributed by atoms with Crippen molar-refractivity contribution in [3.05, 3.63) is 15.9 Å². The third kappa shape index (κ3) is 2.44. The topological polar surface area (TPSA) is 17.1 Å². The molecule has 0 spiro atoms. The summed E-state index contributed by atoms with van der Waals surface area (Å²) < 4.78 is 2.11. The summed E-state index contributed by atoms with van der Waals surface area (Å²) in [6.07, 6.45) is 0. The molecule has 0 saturated heterocycles. The van der Waals surface area contributed by atoms with E-state index >= 15 is 0 Å². The van der Waals surface area contributed by atoms with Crippen LogP contribution in [0.1, 0.15) is 6.92 Å². The molecule has 0 unspecified atom stereocenters. The molecule has 0 N–H and O–H groups in total. The van der Waals surface area contributed by atoms with Crippen LogP contribution in [0.15, 0.2) is 20.1 Å². The zero-order chi connectivity index (χ0) is 7.56. The molecule has 1 aromatic rings. The number of carbonyl (C=O) groups is 1. The third-order valence-corrected chi connectivity index (χ3v) is 3.34. The van der Waals surface area contributed by atoms with Crippen LogP contribution in [-0.2, 0) is 4.79 Å². The Balaban J connectivity index is 2.67. The molecule has 0 saturated carbocycles. The SMILES string of the molecule is CC(=O)Sc1ccc(Br)s1. The minimum absolute atomic E-state index is 0.134. The number of carbonyl (C=O) groups excluding carboxylic acids is 1. The van der Waals surface area contributed by atoms with Crippen molar-refractivity contribution in [3.8, 4) is 0 Å². The van der Waals surface area contributed by atoms with E-state index in [1.165, 1.54) is 11.8 Å². The molecule has 0 bridgehead atoms. The van der Waals surface area contributed by atoms with Gasteiger partial charge in [-0.2, -0.15) is 0 Å². The fourth-order valence-corrected chi connectivity index (χ4v) is 3.14. The third-order valence-electron chi connectivity index (χ3n) is 0.793. The lowest BCUT2D eigenvalue weighted by Gasteiger charge is -1.86. The van der Waals surface area contributed by atoms with Crippen molar-refractivity contribution in [1.82, 2.24) is 0 Å². The monoisotopic (exact) mass is 236 g/mol. The Morgan fingerprint density at radius 3 is 2.80 bits per heavy atom. The van der Waals surface area contributed by atoms with E-state index in [0.29, 0.717) is 0 Å². The zero-order valence-electron chi connectivity index (χ0n) is 5.26. The molecule has 10 heavy (non-hydrogen) atoms. The second-order valence-corrected chi connectivity index (χ2v) is 5.59. The molecule has 4 heteroatoms. The first-order chi connectivity index (χ1) is 4.68. The van der Waals surface area contributed by atoms with Crippen LogP contribution in [0.4, 0.5) is 0 Å². The maximum Gasteiger partial charge on any atom is 0.191 e. The molecule has 0 aliphatic rings. The van der Waals surface area contributed by atoms with Crippen LogP contribution in [0.25, 0.3) is 0 Å². The lowest BCUT2D eigenvalue weighted by molar-refractivity contribution is -0.109. The molecule has 1 nitrogen and oxygen atoms in total. The van der Waals surface area contributed by atoms with Crippen molar-refractivity contribution in [1.29, 1.82) is 0 Å². The Morgan fingerprint density at radius 1 is 1.70 bits per heavy atom. The van der Waals surface area contributed by atoms with Crippen molar-refractivity contribution in [2.75, 3.05) is 0 Å². The minimum Gasteiger partial charge on any atom is -0.287 e. The molecule has 0 aliphatic carbocycles. The molecule has 0 atom stereocenters. The van der Waals surface area contributed by atoms with E-state index in [4.69, 9.17) is 0 Å². The van der Waals surface area contributed by atoms with Crippen molar-refractivity contribution in [2.24, 2.45) is 0 Å². The summed E-state index contributed by atoms with van der Waals surface area (Å²) in [5, 5.41) is 0.134. The quantitative estimate of drug-likeness (QED) is 0.698. The van der Waals surface area contributed by atoms with Crippen LogP contribution in [0.3, 0.4) is 0 Å². The molecular weight excluding hydrogens is 232 g/mol. The summed E-state index contributed by atoms with van der Waals surface area (Å²) in [6, 6.07) is 3.87. The Hall–Kier alpha value is 0.200. The fraction of sp³-hybridized carbons (Fsp3) is 0.167. The Bertz CT molecular complexity index is 244. The van der Waals surface area contributed by atoms with E-state index < -0.39 is 0 Å². The normalized spacial score (nSPS) is 9.80. The summed E-state index contributed by atoms with van der Waals surface area (Å²) in [7, 11) is 0. The average molecular weight is 237 g/mol. The zero-order valence-corrected chi connectivity index (χ0v) is 8.48. The Morgan fingerprint density at radius 2 is 2.40 bits per heavy atom. The molecule has 0 amide bonds. The van der Waals surface area contributed by atoms with Gasteiger partial charge in [-0.3, -0.25) is 4.79 Å². The van der Waals surface area contributed by atoms with E-state index in [9.17, 15) is 4.79 Å². The van der Waals surface area contributed by atoms with Gasteiger partial charge in [0.25, 0.3) is 0 Å². The van der Waals surface area contributed by atoms with E-state index in [1.54, 1.807) is 18.3 Å². The smallest absolute Gasteiger partial charge is 0.191 e. The molecule has 1 rings (SSSR count). The summed E-state index contributed by atoms with van der Waals surface area (Å²) in [6.45, 7) is 1.57. The van der Waals surface area contributed by atoms with Crippen molar-refractivity contribution < 1.29 is 4.79 Å². The number of halogens is 1. The lowest BCUT2D eigenvalue weighted by Crippen LogP contribution is -1.75. The van der Waals surface area contributed by atoms with Crippen LogP contribution in [-0.4, -0.2) is 5.12 Å². The first-order valence-corrected chi connectivity index (χ1v) is 5.05. The fourth-order valence-electron chi connectivity index (χ4n) is 0.494. The highest BCUT2D eigenvalue weighted by molar-refractivity contribution is 9.11. The highest BCUT2D eigenvalue weighted by atomic mass is 79.9. The first kappa shape index (κ1) is 8.30. The number of hydrogen-bond acceptors (Lipinski definition) is 3. The van der Waals surface area contributed by atoms with Gasteiger partial charge in [-0.1, -0.05) is 0 Å². The second kappa shape index (κ2) is 3.55. The number of thioether (sulfide) groups is 1. The van der Waals surface area contributed by atoms with Crippen molar-refractivity contribution >= 4 is 44.1 Å². The maximum absolute atomic E-state index is 10.6. The van der Waals surface area contributed by atoms with E-state index in [0.717, 1.165) is 8.00 Å². The Labute approximate surface area is 76.0 Å². The van der Waals surface area contributed by atoms with E-state index in [2.05, 4.69) is 15.9 Å². The van der Waals surface area contributed by atoms with Gasteiger partial charge in [0.2, 0.25) is 0 Å². The second-order valence-electron chi connectivity index (χ2n) is 1.65. The van der Waals surface area contributed by atoms with Crippen LogP contribution >= 0.6 is 39.0 Å². The molecule has 54 valence electrons. The van der Waals surface area contributed by atoms with Crippen LogP contribution in [0, 0.1) is 0 Å². The maximum atomic E-state index is 10.6. The molecule has 1 heterocycles. The van der Waals surface area contributed by atoms with Gasteiger partial charge in [-0.25, -0.2) is 0 Å². The molecule has 0 aromatic carbocycles. The van der Waals surface area contributed by atoms with Gasteiger partial charge in [-0.15, -0.1) is 11.3 Å². The van der Waals surface area contributed by atoms with Gasteiger partial charge in [0, 0.05) is 6.92 Å².